The molecule has 0 unspecified atom stereocenters. The Hall–Kier alpha value is -3.06. The highest BCUT2D eigenvalue weighted by Crippen LogP contribution is 2.34. The summed E-state index contributed by atoms with van der Waals surface area (Å²) in [5, 5.41) is 8.01. The van der Waals surface area contributed by atoms with Gasteiger partial charge in [-0.15, -0.1) is 0 Å². The number of fused-ring (bicyclic) bond motifs is 1. The number of benzene rings is 1. The highest BCUT2D eigenvalue weighted by Gasteiger charge is 2.25. The van der Waals surface area contributed by atoms with Crippen LogP contribution in [0.15, 0.2) is 48.9 Å². The van der Waals surface area contributed by atoms with E-state index in [4.69, 9.17) is 0 Å². The lowest BCUT2D eigenvalue weighted by atomic mass is 9.89. The molecule has 1 aromatic carbocycles. The van der Waals surface area contributed by atoms with Crippen LogP contribution in [0.2, 0.25) is 0 Å². The summed E-state index contributed by atoms with van der Waals surface area (Å²) >= 11 is 0. The van der Waals surface area contributed by atoms with E-state index in [2.05, 4.69) is 37.3 Å². The summed E-state index contributed by atoms with van der Waals surface area (Å²) in [6.07, 6.45) is 7.60. The number of pyridine rings is 1. The van der Waals surface area contributed by atoms with Crippen LogP contribution < -0.4 is 0 Å². The highest BCUT2D eigenvalue weighted by molar-refractivity contribution is 5.80. The average Bonchev–Trinajstić information content (AvgIpc) is 3.36. The number of nitrogens with one attached hydrogen (secondary N) is 2. The molecule has 4 heterocycles. The smallest absolute Gasteiger partial charge is 0.137 e. The van der Waals surface area contributed by atoms with Crippen LogP contribution in [0.4, 0.5) is 8.78 Å². The van der Waals surface area contributed by atoms with Crippen molar-refractivity contribution in [1.29, 1.82) is 0 Å². The Kier molecular flexibility index (Phi) is 4.60. The second kappa shape index (κ2) is 7.40. The summed E-state index contributed by atoms with van der Waals surface area (Å²) < 4.78 is 28.4. The van der Waals surface area contributed by atoms with Crippen LogP contribution in [0, 0.1) is 11.6 Å². The van der Waals surface area contributed by atoms with Crippen LogP contribution >= 0.6 is 0 Å². The molecule has 2 N–H and O–H groups in total. The number of halogens is 2. The number of hydrogen-bond acceptors (Lipinski definition) is 3. The van der Waals surface area contributed by atoms with Gasteiger partial charge >= 0.3 is 0 Å². The number of nitrogens with zero attached hydrogens (tertiary/aromatic N) is 3. The lowest BCUT2D eigenvalue weighted by Gasteiger charge is -2.31. The number of piperidine rings is 1. The van der Waals surface area contributed by atoms with Gasteiger partial charge in [0.1, 0.15) is 17.3 Å². The quantitative estimate of drug-likeness (QED) is 0.532. The van der Waals surface area contributed by atoms with E-state index in [1.54, 1.807) is 12.4 Å². The Morgan fingerprint density at radius 2 is 1.86 bits per heavy atom. The summed E-state index contributed by atoms with van der Waals surface area (Å²) in [5.41, 5.74) is 3.44. The molecule has 1 fully saturated rings. The molecular formula is C22H21F2N5. The van der Waals surface area contributed by atoms with Crippen molar-refractivity contribution in [2.24, 2.45) is 0 Å². The van der Waals surface area contributed by atoms with Gasteiger partial charge in [0, 0.05) is 29.9 Å². The maximum atomic E-state index is 14.2. The van der Waals surface area contributed by atoms with Crippen LogP contribution in [-0.4, -0.2) is 38.2 Å². The largest absolute Gasteiger partial charge is 0.346 e. The predicted molar refractivity (Wildman–Crippen MR) is 107 cm³/mol. The molecule has 7 heteroatoms. The molecule has 1 aliphatic rings. The van der Waals surface area contributed by atoms with Crippen molar-refractivity contribution < 1.29 is 8.78 Å². The van der Waals surface area contributed by atoms with E-state index in [1.165, 1.54) is 29.1 Å². The minimum Gasteiger partial charge on any atom is -0.346 e. The third-order valence-corrected chi connectivity index (χ3v) is 5.84. The second-order valence-corrected chi connectivity index (χ2v) is 7.56. The van der Waals surface area contributed by atoms with Gasteiger partial charge in [-0.1, -0.05) is 6.07 Å². The average molecular weight is 393 g/mol. The minimum absolute atomic E-state index is 0.0406. The van der Waals surface area contributed by atoms with Crippen LogP contribution in [-0.2, 0) is 6.54 Å². The van der Waals surface area contributed by atoms with E-state index in [9.17, 15) is 8.78 Å². The van der Waals surface area contributed by atoms with Gasteiger partial charge in [-0.25, -0.2) is 13.8 Å². The number of likely N-dealkylation sites (tertiary alicyclic amines) is 1. The number of rotatable bonds is 4. The Bertz CT molecular complexity index is 1120. The standard InChI is InChI=1S/C22H21F2N5/c23-18-4-1-5-19(24)20(18)21-15(11-27-28-21)13-29-9-6-14(7-10-29)17-12-26-22-16(17)3-2-8-25-22/h1-5,8,11-12,14H,6-7,9-10,13H2,(H,25,26)(H,27,28). The molecule has 4 aromatic rings. The first kappa shape index (κ1) is 18.0. The van der Waals surface area contributed by atoms with Gasteiger partial charge in [0.2, 0.25) is 0 Å². The van der Waals surface area contributed by atoms with Crippen molar-refractivity contribution in [2.45, 2.75) is 25.3 Å². The topological polar surface area (TPSA) is 60.6 Å². The fourth-order valence-electron chi connectivity index (χ4n) is 4.34. The van der Waals surface area contributed by atoms with Gasteiger partial charge in [0.05, 0.1) is 17.5 Å². The fourth-order valence-corrected chi connectivity index (χ4v) is 4.34. The maximum Gasteiger partial charge on any atom is 0.137 e. The molecule has 0 saturated carbocycles. The second-order valence-electron chi connectivity index (χ2n) is 7.56. The first-order valence-electron chi connectivity index (χ1n) is 9.81. The van der Waals surface area contributed by atoms with Crippen molar-refractivity contribution in [2.75, 3.05) is 13.1 Å². The first-order valence-corrected chi connectivity index (χ1v) is 9.81. The lowest BCUT2D eigenvalue weighted by Crippen LogP contribution is -2.32. The fraction of sp³-hybridized carbons (Fsp3) is 0.273. The maximum absolute atomic E-state index is 14.2. The molecule has 0 atom stereocenters. The van der Waals surface area contributed by atoms with E-state index < -0.39 is 11.6 Å². The van der Waals surface area contributed by atoms with E-state index in [0.717, 1.165) is 37.1 Å². The Balaban J connectivity index is 1.30. The van der Waals surface area contributed by atoms with Gasteiger partial charge in [-0.3, -0.25) is 10.00 Å². The summed E-state index contributed by atoms with van der Waals surface area (Å²) in [6.45, 7) is 2.45. The number of aromatic amines is 2. The Labute approximate surface area is 166 Å². The monoisotopic (exact) mass is 393 g/mol. The molecular weight excluding hydrogens is 372 g/mol. The zero-order valence-corrected chi connectivity index (χ0v) is 15.8. The van der Waals surface area contributed by atoms with Crippen molar-refractivity contribution in [3.05, 3.63) is 71.7 Å². The van der Waals surface area contributed by atoms with Crippen molar-refractivity contribution in [1.82, 2.24) is 25.1 Å². The van der Waals surface area contributed by atoms with E-state index >= 15 is 0 Å². The number of H-pyrrole nitrogens is 2. The molecule has 1 aliphatic heterocycles. The van der Waals surface area contributed by atoms with Crippen LogP contribution in [0.25, 0.3) is 22.3 Å². The van der Waals surface area contributed by atoms with E-state index in [1.807, 2.05) is 6.07 Å². The zero-order valence-electron chi connectivity index (χ0n) is 15.8. The summed E-state index contributed by atoms with van der Waals surface area (Å²) in [7, 11) is 0. The molecule has 148 valence electrons. The third kappa shape index (κ3) is 3.31. The van der Waals surface area contributed by atoms with Gasteiger partial charge < -0.3 is 4.98 Å². The summed E-state index contributed by atoms with van der Waals surface area (Å²) in [6, 6.07) is 7.99. The zero-order chi connectivity index (χ0) is 19.8. The summed E-state index contributed by atoms with van der Waals surface area (Å²) in [5.74, 6) is -0.679. The number of hydrogen-bond donors (Lipinski definition) is 2. The minimum atomic E-state index is -0.581. The highest BCUT2D eigenvalue weighted by atomic mass is 19.1. The van der Waals surface area contributed by atoms with Crippen LogP contribution in [0.5, 0.6) is 0 Å². The molecule has 5 nitrogen and oxygen atoms in total. The predicted octanol–water partition coefficient (Wildman–Crippen LogP) is 4.61. The third-order valence-electron chi connectivity index (χ3n) is 5.84. The molecule has 3 aromatic heterocycles. The SMILES string of the molecule is Fc1cccc(F)c1-c1[nH]ncc1CN1CCC(c2c[nH]c3ncccc23)CC1. The Morgan fingerprint density at radius 1 is 1.07 bits per heavy atom. The Morgan fingerprint density at radius 3 is 2.66 bits per heavy atom. The van der Waals surface area contributed by atoms with Crippen LogP contribution in [0.3, 0.4) is 0 Å². The van der Waals surface area contributed by atoms with Gasteiger partial charge in [0.15, 0.2) is 0 Å². The van der Waals surface area contributed by atoms with Crippen molar-refractivity contribution in [3.8, 4) is 11.3 Å². The molecule has 29 heavy (non-hydrogen) atoms. The molecule has 0 spiro atoms. The normalized spacial score (nSPS) is 15.9. The van der Waals surface area contributed by atoms with E-state index in [0.29, 0.717) is 18.2 Å². The van der Waals surface area contributed by atoms with E-state index in [-0.39, 0.29) is 5.56 Å². The summed E-state index contributed by atoms with van der Waals surface area (Å²) in [4.78, 5) is 9.95. The number of aromatic nitrogens is 4. The van der Waals surface area contributed by atoms with Crippen molar-refractivity contribution in [3.63, 3.8) is 0 Å². The molecule has 0 amide bonds. The first-order chi connectivity index (χ1) is 14.2. The lowest BCUT2D eigenvalue weighted by molar-refractivity contribution is 0.205. The molecule has 0 bridgehead atoms. The van der Waals surface area contributed by atoms with Crippen molar-refractivity contribution >= 4 is 11.0 Å². The molecule has 0 aliphatic carbocycles. The van der Waals surface area contributed by atoms with Gasteiger partial charge in [-0.2, -0.15) is 5.10 Å². The van der Waals surface area contributed by atoms with Crippen LogP contribution in [0.1, 0.15) is 29.9 Å². The van der Waals surface area contributed by atoms with Gasteiger partial charge in [-0.05, 0) is 61.7 Å². The molecule has 1 saturated heterocycles. The molecule has 0 radical (unpaired) electrons. The molecule has 5 rings (SSSR count). The van der Waals surface area contributed by atoms with Gasteiger partial charge in [0.25, 0.3) is 0 Å².